The summed E-state index contributed by atoms with van der Waals surface area (Å²) in [4.78, 5) is 8.03. The van der Waals surface area contributed by atoms with Gasteiger partial charge >= 0.3 is 0 Å². The number of benzene rings is 1. The van der Waals surface area contributed by atoms with Gasteiger partial charge in [0.2, 0.25) is 0 Å². The normalized spacial score (nSPS) is 21.5. The third-order valence-corrected chi connectivity index (χ3v) is 4.79. The molecule has 3 nitrogen and oxygen atoms in total. The highest BCUT2D eigenvalue weighted by molar-refractivity contribution is 7.99. The van der Waals surface area contributed by atoms with E-state index in [-0.39, 0.29) is 0 Å². The molecule has 1 saturated heterocycles. The second-order valence-electron chi connectivity index (χ2n) is 5.00. The summed E-state index contributed by atoms with van der Waals surface area (Å²) in [6.07, 6.45) is 1.35. The SMILES string of the molecule is CC(NCC1CCSC1)c1nc2ccccc2[nH]1. The van der Waals surface area contributed by atoms with E-state index >= 15 is 0 Å². The maximum atomic E-state index is 4.63. The van der Waals surface area contributed by atoms with Gasteiger partial charge in [-0.25, -0.2) is 4.98 Å². The zero-order valence-electron chi connectivity index (χ0n) is 10.6. The lowest BCUT2D eigenvalue weighted by Gasteiger charge is -2.14. The highest BCUT2D eigenvalue weighted by Gasteiger charge is 2.17. The van der Waals surface area contributed by atoms with E-state index < -0.39 is 0 Å². The quantitative estimate of drug-likeness (QED) is 0.889. The number of para-hydroxylation sites is 2. The number of nitrogens with zero attached hydrogens (tertiary/aromatic N) is 1. The van der Waals surface area contributed by atoms with Crippen LogP contribution in [-0.4, -0.2) is 28.0 Å². The molecule has 2 heterocycles. The Kier molecular flexibility index (Phi) is 3.57. The Labute approximate surface area is 112 Å². The number of hydrogen-bond donors (Lipinski definition) is 2. The molecule has 2 aromatic rings. The molecule has 1 aliphatic rings. The predicted molar refractivity (Wildman–Crippen MR) is 77.9 cm³/mol. The van der Waals surface area contributed by atoms with Gasteiger partial charge in [-0.2, -0.15) is 11.8 Å². The maximum Gasteiger partial charge on any atom is 0.124 e. The van der Waals surface area contributed by atoms with Gasteiger partial charge in [0.15, 0.2) is 0 Å². The lowest BCUT2D eigenvalue weighted by Crippen LogP contribution is -2.26. The third-order valence-electron chi connectivity index (χ3n) is 3.55. The van der Waals surface area contributed by atoms with Crippen LogP contribution in [0, 0.1) is 5.92 Å². The highest BCUT2D eigenvalue weighted by Crippen LogP contribution is 2.23. The summed E-state index contributed by atoms with van der Waals surface area (Å²) in [5, 5.41) is 3.59. The van der Waals surface area contributed by atoms with E-state index in [0.717, 1.165) is 29.3 Å². The zero-order valence-corrected chi connectivity index (χ0v) is 11.5. The van der Waals surface area contributed by atoms with Gasteiger partial charge in [0.05, 0.1) is 17.1 Å². The largest absolute Gasteiger partial charge is 0.341 e. The second-order valence-corrected chi connectivity index (χ2v) is 6.15. The molecule has 3 rings (SSSR count). The molecule has 0 aliphatic carbocycles. The second kappa shape index (κ2) is 5.33. The molecule has 96 valence electrons. The Balaban J connectivity index is 1.65. The minimum atomic E-state index is 0.294. The van der Waals surface area contributed by atoms with Crippen molar-refractivity contribution < 1.29 is 0 Å². The molecule has 0 radical (unpaired) electrons. The highest BCUT2D eigenvalue weighted by atomic mass is 32.2. The summed E-state index contributed by atoms with van der Waals surface area (Å²) in [5.41, 5.74) is 2.18. The minimum absolute atomic E-state index is 0.294. The molecule has 1 aliphatic heterocycles. The Hall–Kier alpha value is -1.00. The molecule has 1 aromatic carbocycles. The number of hydrogen-bond acceptors (Lipinski definition) is 3. The van der Waals surface area contributed by atoms with Crippen molar-refractivity contribution in [2.45, 2.75) is 19.4 Å². The zero-order chi connectivity index (χ0) is 12.4. The van der Waals surface area contributed by atoms with Gasteiger partial charge < -0.3 is 10.3 Å². The summed E-state index contributed by atoms with van der Waals surface area (Å²) in [6, 6.07) is 8.49. The Morgan fingerprint density at radius 3 is 3.17 bits per heavy atom. The molecule has 0 saturated carbocycles. The van der Waals surface area contributed by atoms with Crippen molar-refractivity contribution in [3.63, 3.8) is 0 Å². The van der Waals surface area contributed by atoms with Crippen LogP contribution in [0.1, 0.15) is 25.2 Å². The minimum Gasteiger partial charge on any atom is -0.341 e. The number of aromatic nitrogens is 2. The maximum absolute atomic E-state index is 4.63. The van der Waals surface area contributed by atoms with Crippen LogP contribution in [0.25, 0.3) is 11.0 Å². The molecule has 2 unspecified atom stereocenters. The van der Waals surface area contributed by atoms with Crippen molar-refractivity contribution in [2.75, 3.05) is 18.1 Å². The number of rotatable bonds is 4. The third kappa shape index (κ3) is 2.54. The smallest absolute Gasteiger partial charge is 0.124 e. The van der Waals surface area contributed by atoms with E-state index in [4.69, 9.17) is 0 Å². The van der Waals surface area contributed by atoms with Crippen LogP contribution < -0.4 is 5.32 Å². The molecular formula is C14H19N3S. The van der Waals surface area contributed by atoms with E-state index in [9.17, 15) is 0 Å². The Bertz CT molecular complexity index is 483. The van der Waals surface area contributed by atoms with Gasteiger partial charge in [0.1, 0.15) is 5.82 Å². The summed E-state index contributed by atoms with van der Waals surface area (Å²) >= 11 is 2.07. The van der Waals surface area contributed by atoms with Gasteiger partial charge in [-0.05, 0) is 49.4 Å². The van der Waals surface area contributed by atoms with Crippen LogP contribution in [0.5, 0.6) is 0 Å². The number of thioether (sulfide) groups is 1. The molecule has 4 heteroatoms. The van der Waals surface area contributed by atoms with Crippen LogP contribution in [-0.2, 0) is 0 Å². The van der Waals surface area contributed by atoms with Crippen molar-refractivity contribution in [3.8, 4) is 0 Å². The van der Waals surface area contributed by atoms with Crippen LogP contribution in [0.3, 0.4) is 0 Å². The first-order chi connectivity index (χ1) is 8.83. The molecule has 0 bridgehead atoms. The van der Waals surface area contributed by atoms with Gasteiger partial charge in [-0.1, -0.05) is 12.1 Å². The fourth-order valence-electron chi connectivity index (χ4n) is 2.36. The monoisotopic (exact) mass is 261 g/mol. The van der Waals surface area contributed by atoms with E-state index in [0.29, 0.717) is 6.04 Å². The average Bonchev–Trinajstić information content (AvgIpc) is 3.04. The van der Waals surface area contributed by atoms with Gasteiger partial charge in [-0.15, -0.1) is 0 Å². The van der Waals surface area contributed by atoms with Crippen LogP contribution in [0.4, 0.5) is 0 Å². The molecule has 18 heavy (non-hydrogen) atoms. The molecule has 2 atom stereocenters. The van der Waals surface area contributed by atoms with Crippen LogP contribution in [0.15, 0.2) is 24.3 Å². The lowest BCUT2D eigenvalue weighted by atomic mass is 10.1. The van der Waals surface area contributed by atoms with Crippen LogP contribution >= 0.6 is 11.8 Å². The Morgan fingerprint density at radius 2 is 2.39 bits per heavy atom. The van der Waals surface area contributed by atoms with Crippen molar-refractivity contribution in [3.05, 3.63) is 30.1 Å². The van der Waals surface area contributed by atoms with E-state index in [1.165, 1.54) is 17.9 Å². The first-order valence-corrected chi connectivity index (χ1v) is 7.74. The number of imidazole rings is 1. The van der Waals surface area contributed by atoms with Crippen molar-refractivity contribution in [1.29, 1.82) is 0 Å². The van der Waals surface area contributed by atoms with Gasteiger partial charge in [-0.3, -0.25) is 0 Å². The number of nitrogens with one attached hydrogen (secondary N) is 2. The average molecular weight is 261 g/mol. The Morgan fingerprint density at radius 1 is 1.50 bits per heavy atom. The number of fused-ring (bicyclic) bond motifs is 1. The van der Waals surface area contributed by atoms with Crippen molar-refractivity contribution in [2.24, 2.45) is 5.92 Å². The lowest BCUT2D eigenvalue weighted by molar-refractivity contribution is 0.468. The van der Waals surface area contributed by atoms with Crippen LogP contribution in [0.2, 0.25) is 0 Å². The fraction of sp³-hybridized carbons (Fsp3) is 0.500. The van der Waals surface area contributed by atoms with Crippen molar-refractivity contribution in [1.82, 2.24) is 15.3 Å². The van der Waals surface area contributed by atoms with Crippen molar-refractivity contribution >= 4 is 22.8 Å². The summed E-state index contributed by atoms with van der Waals surface area (Å²) < 4.78 is 0. The molecule has 0 amide bonds. The first-order valence-electron chi connectivity index (χ1n) is 6.58. The van der Waals surface area contributed by atoms with E-state index in [2.05, 4.69) is 46.1 Å². The first kappa shape index (κ1) is 12.1. The fourth-order valence-corrected chi connectivity index (χ4v) is 3.65. The molecular weight excluding hydrogens is 242 g/mol. The van der Waals surface area contributed by atoms with Gasteiger partial charge in [0, 0.05) is 0 Å². The standard InChI is InChI=1S/C14H19N3S/c1-10(15-8-11-6-7-18-9-11)14-16-12-4-2-3-5-13(12)17-14/h2-5,10-11,15H,6-9H2,1H3,(H,16,17). The van der Waals surface area contributed by atoms with E-state index in [1.54, 1.807) is 0 Å². The van der Waals surface area contributed by atoms with E-state index in [1.807, 2.05) is 12.1 Å². The summed E-state index contributed by atoms with van der Waals surface area (Å²) in [5.74, 6) is 4.51. The topological polar surface area (TPSA) is 40.7 Å². The summed E-state index contributed by atoms with van der Waals surface area (Å²) in [6.45, 7) is 3.28. The number of aromatic amines is 1. The predicted octanol–water partition coefficient (Wildman–Crippen LogP) is 2.97. The molecule has 0 spiro atoms. The molecule has 2 N–H and O–H groups in total. The van der Waals surface area contributed by atoms with Gasteiger partial charge in [0.25, 0.3) is 0 Å². The number of H-pyrrole nitrogens is 1. The summed E-state index contributed by atoms with van der Waals surface area (Å²) in [7, 11) is 0. The molecule has 1 aromatic heterocycles. The molecule has 1 fully saturated rings.